The number of rotatable bonds is 9. The monoisotopic (exact) mass is 226 g/mol. The molecule has 1 aliphatic carbocycles. The van der Waals surface area contributed by atoms with Crippen LogP contribution in [0.2, 0.25) is 0 Å². The fourth-order valence-corrected chi connectivity index (χ4v) is 2.22. The van der Waals surface area contributed by atoms with Crippen molar-refractivity contribution >= 4 is 0 Å². The molecule has 94 valence electrons. The Morgan fingerprint density at radius 3 is 2.62 bits per heavy atom. The molecular formula is C13H26N2O. The summed E-state index contributed by atoms with van der Waals surface area (Å²) in [7, 11) is 0. The zero-order valence-electron chi connectivity index (χ0n) is 10.4. The maximum Gasteiger partial charge on any atom is 0.0593 e. The molecule has 3 heteroatoms. The van der Waals surface area contributed by atoms with Crippen LogP contribution in [0.1, 0.15) is 38.5 Å². The van der Waals surface area contributed by atoms with Crippen molar-refractivity contribution in [1.82, 2.24) is 10.2 Å². The fourth-order valence-electron chi connectivity index (χ4n) is 2.22. The van der Waals surface area contributed by atoms with Gasteiger partial charge in [0.25, 0.3) is 0 Å². The molecule has 1 aliphatic heterocycles. The first-order valence-electron chi connectivity index (χ1n) is 6.98. The van der Waals surface area contributed by atoms with Crippen LogP contribution in [0.15, 0.2) is 0 Å². The van der Waals surface area contributed by atoms with Gasteiger partial charge in [-0.2, -0.15) is 0 Å². The summed E-state index contributed by atoms with van der Waals surface area (Å²) in [5.41, 5.74) is 0. The van der Waals surface area contributed by atoms with Crippen LogP contribution in [0, 0.1) is 0 Å². The van der Waals surface area contributed by atoms with Crippen molar-refractivity contribution in [3.8, 4) is 0 Å². The van der Waals surface area contributed by atoms with Gasteiger partial charge in [-0.25, -0.2) is 0 Å². The molecule has 3 nitrogen and oxygen atoms in total. The maximum atomic E-state index is 5.65. The van der Waals surface area contributed by atoms with Gasteiger partial charge in [0.15, 0.2) is 0 Å². The third-order valence-corrected chi connectivity index (χ3v) is 3.48. The molecule has 0 aromatic carbocycles. The molecule has 2 fully saturated rings. The molecule has 1 N–H and O–H groups in total. The molecule has 0 spiro atoms. The second kappa shape index (κ2) is 7.25. The normalized spacial score (nSPS) is 21.8. The number of likely N-dealkylation sites (tertiary alicyclic amines) is 1. The molecule has 1 saturated heterocycles. The van der Waals surface area contributed by atoms with Crippen molar-refractivity contribution in [3.05, 3.63) is 0 Å². The number of unbranched alkanes of at least 4 members (excludes halogenated alkanes) is 1. The summed E-state index contributed by atoms with van der Waals surface area (Å²) < 4.78 is 5.65. The van der Waals surface area contributed by atoms with Gasteiger partial charge in [-0.15, -0.1) is 0 Å². The molecular weight excluding hydrogens is 200 g/mol. The van der Waals surface area contributed by atoms with Gasteiger partial charge in [-0.1, -0.05) is 0 Å². The van der Waals surface area contributed by atoms with Crippen LogP contribution in [0.25, 0.3) is 0 Å². The smallest absolute Gasteiger partial charge is 0.0593 e. The van der Waals surface area contributed by atoms with E-state index in [4.69, 9.17) is 4.74 Å². The van der Waals surface area contributed by atoms with Gasteiger partial charge >= 0.3 is 0 Å². The lowest BCUT2D eigenvalue weighted by Crippen LogP contribution is -2.24. The minimum Gasteiger partial charge on any atom is -0.380 e. The first-order valence-corrected chi connectivity index (χ1v) is 6.98. The highest BCUT2D eigenvalue weighted by molar-refractivity contribution is 4.80. The third-order valence-electron chi connectivity index (χ3n) is 3.48. The molecule has 2 aliphatic rings. The first kappa shape index (κ1) is 12.3. The van der Waals surface area contributed by atoms with Crippen molar-refractivity contribution in [2.24, 2.45) is 0 Å². The van der Waals surface area contributed by atoms with Crippen LogP contribution in [-0.2, 0) is 4.74 Å². The SMILES string of the molecule is C(CCOCCN1CCCC1)CNC1CC1. The summed E-state index contributed by atoms with van der Waals surface area (Å²) in [5, 5.41) is 3.53. The van der Waals surface area contributed by atoms with Crippen molar-refractivity contribution in [2.45, 2.75) is 44.6 Å². The summed E-state index contributed by atoms with van der Waals surface area (Å²) >= 11 is 0. The average molecular weight is 226 g/mol. The van der Waals surface area contributed by atoms with Gasteiger partial charge in [0.1, 0.15) is 0 Å². The molecule has 0 bridgehead atoms. The van der Waals surface area contributed by atoms with Crippen LogP contribution in [0.5, 0.6) is 0 Å². The topological polar surface area (TPSA) is 24.5 Å². The van der Waals surface area contributed by atoms with E-state index in [1.54, 1.807) is 0 Å². The number of hydrogen-bond donors (Lipinski definition) is 1. The molecule has 1 saturated carbocycles. The average Bonchev–Trinajstić information content (AvgIpc) is 2.97. The van der Waals surface area contributed by atoms with Crippen LogP contribution < -0.4 is 5.32 Å². The number of nitrogens with zero attached hydrogens (tertiary/aromatic N) is 1. The fraction of sp³-hybridized carbons (Fsp3) is 1.00. The van der Waals surface area contributed by atoms with Crippen LogP contribution in [-0.4, -0.2) is 50.3 Å². The molecule has 0 aromatic rings. The van der Waals surface area contributed by atoms with E-state index in [1.807, 2.05) is 0 Å². The van der Waals surface area contributed by atoms with Crippen molar-refractivity contribution in [2.75, 3.05) is 39.4 Å². The molecule has 16 heavy (non-hydrogen) atoms. The Morgan fingerprint density at radius 2 is 1.88 bits per heavy atom. The third kappa shape index (κ3) is 5.28. The highest BCUT2D eigenvalue weighted by Gasteiger charge is 2.19. The zero-order valence-corrected chi connectivity index (χ0v) is 10.4. The van der Waals surface area contributed by atoms with Gasteiger partial charge < -0.3 is 15.0 Å². The van der Waals surface area contributed by atoms with Crippen LogP contribution >= 0.6 is 0 Å². The van der Waals surface area contributed by atoms with E-state index in [1.165, 1.54) is 58.2 Å². The Morgan fingerprint density at radius 1 is 1.06 bits per heavy atom. The van der Waals surface area contributed by atoms with Gasteiger partial charge in [0.05, 0.1) is 6.61 Å². The molecule has 0 radical (unpaired) electrons. The minimum atomic E-state index is 0.857. The highest BCUT2D eigenvalue weighted by atomic mass is 16.5. The van der Waals surface area contributed by atoms with Gasteiger partial charge in [-0.3, -0.25) is 0 Å². The Bertz CT molecular complexity index is 177. The maximum absolute atomic E-state index is 5.65. The predicted molar refractivity (Wildman–Crippen MR) is 66.8 cm³/mol. The second-order valence-electron chi connectivity index (χ2n) is 5.10. The van der Waals surface area contributed by atoms with Crippen LogP contribution in [0.3, 0.4) is 0 Å². The van der Waals surface area contributed by atoms with Gasteiger partial charge in [0, 0.05) is 19.2 Å². The standard InChI is InChI=1S/C13H26N2O/c1(7-14-13-5-6-13)4-11-16-12-10-15-8-2-3-9-15/h13-14H,1-12H2. The molecule has 1 heterocycles. The number of nitrogens with one attached hydrogen (secondary N) is 1. The highest BCUT2D eigenvalue weighted by Crippen LogP contribution is 2.18. The molecule has 0 atom stereocenters. The predicted octanol–water partition coefficient (Wildman–Crippen LogP) is 1.63. The second-order valence-corrected chi connectivity index (χ2v) is 5.10. The summed E-state index contributed by atoms with van der Waals surface area (Å²) in [6.45, 7) is 6.76. The van der Waals surface area contributed by atoms with E-state index in [2.05, 4.69) is 10.2 Å². The minimum absolute atomic E-state index is 0.857. The number of hydrogen-bond acceptors (Lipinski definition) is 3. The van der Waals surface area contributed by atoms with Crippen molar-refractivity contribution in [1.29, 1.82) is 0 Å². The molecule has 0 amide bonds. The lowest BCUT2D eigenvalue weighted by molar-refractivity contribution is 0.108. The van der Waals surface area contributed by atoms with E-state index >= 15 is 0 Å². The van der Waals surface area contributed by atoms with E-state index in [-0.39, 0.29) is 0 Å². The van der Waals surface area contributed by atoms with Crippen molar-refractivity contribution in [3.63, 3.8) is 0 Å². The van der Waals surface area contributed by atoms with E-state index < -0.39 is 0 Å². The van der Waals surface area contributed by atoms with E-state index in [9.17, 15) is 0 Å². The summed E-state index contributed by atoms with van der Waals surface area (Å²) in [6.07, 6.45) is 8.03. The number of ether oxygens (including phenoxy) is 1. The van der Waals surface area contributed by atoms with Gasteiger partial charge in [-0.05, 0) is 58.2 Å². The lowest BCUT2D eigenvalue weighted by Gasteiger charge is -2.14. The largest absolute Gasteiger partial charge is 0.380 e. The summed E-state index contributed by atoms with van der Waals surface area (Å²) in [4.78, 5) is 2.51. The molecule has 2 rings (SSSR count). The lowest BCUT2D eigenvalue weighted by atomic mass is 10.3. The Balaban J connectivity index is 1.29. The van der Waals surface area contributed by atoms with Crippen molar-refractivity contribution < 1.29 is 4.74 Å². The first-order chi connectivity index (χ1) is 7.95. The summed E-state index contributed by atoms with van der Waals surface area (Å²) in [5.74, 6) is 0. The zero-order chi connectivity index (χ0) is 11.1. The van der Waals surface area contributed by atoms with Gasteiger partial charge in [0.2, 0.25) is 0 Å². The van der Waals surface area contributed by atoms with E-state index in [0.717, 1.165) is 25.8 Å². The molecule has 0 unspecified atom stereocenters. The van der Waals surface area contributed by atoms with E-state index in [0.29, 0.717) is 0 Å². The van der Waals surface area contributed by atoms with Crippen LogP contribution in [0.4, 0.5) is 0 Å². The Kier molecular flexibility index (Phi) is 5.59. The Hall–Kier alpha value is -0.120. The Labute approximate surface area is 99.5 Å². The summed E-state index contributed by atoms with van der Waals surface area (Å²) in [6, 6.07) is 0.857. The quantitative estimate of drug-likeness (QED) is 0.605. The molecule has 0 aromatic heterocycles.